The van der Waals surface area contributed by atoms with Gasteiger partial charge in [-0.1, -0.05) is 0 Å². The van der Waals surface area contributed by atoms with Gasteiger partial charge in [0.2, 0.25) is 0 Å². The molecule has 4 nitrogen and oxygen atoms in total. The Morgan fingerprint density at radius 3 is 2.59 bits per heavy atom. The van der Waals surface area contributed by atoms with Crippen LogP contribution in [0.15, 0.2) is 54.9 Å². The van der Waals surface area contributed by atoms with Gasteiger partial charge in [0.25, 0.3) is 0 Å². The first-order chi connectivity index (χ1) is 13.1. The SMILES string of the molecule is COC(=O)c1cc(C2CC2)ccc1[AsH]c1cnc(-c2cccc(Cl)c2)nc1. The van der Waals surface area contributed by atoms with Crippen LogP contribution in [0.25, 0.3) is 11.4 Å². The normalized spacial score (nSPS) is 13.9. The van der Waals surface area contributed by atoms with Gasteiger partial charge in [-0.3, -0.25) is 0 Å². The summed E-state index contributed by atoms with van der Waals surface area (Å²) in [5.41, 5.74) is 2.80. The number of aromatic nitrogens is 2. The Bertz CT molecular complexity index is 988. The topological polar surface area (TPSA) is 52.1 Å². The Hall–Kier alpha value is -2.16. The number of hydrogen-bond donors (Lipinski definition) is 0. The molecule has 6 heteroatoms. The molecule has 1 atom stereocenters. The van der Waals surface area contributed by atoms with Crippen LogP contribution in [-0.4, -0.2) is 38.8 Å². The van der Waals surface area contributed by atoms with Gasteiger partial charge in [0.1, 0.15) is 0 Å². The number of benzene rings is 2. The maximum absolute atomic E-state index is 12.2. The molecule has 1 fully saturated rings. The Morgan fingerprint density at radius 2 is 1.93 bits per heavy atom. The Labute approximate surface area is 169 Å². The molecule has 4 rings (SSSR count). The van der Waals surface area contributed by atoms with E-state index in [0.717, 1.165) is 14.3 Å². The van der Waals surface area contributed by atoms with Gasteiger partial charge in [-0.05, 0) is 0 Å². The number of esters is 1. The molecule has 1 aliphatic rings. The van der Waals surface area contributed by atoms with E-state index in [2.05, 4.69) is 22.1 Å². The average Bonchev–Trinajstić information content (AvgIpc) is 3.53. The summed E-state index contributed by atoms with van der Waals surface area (Å²) >= 11 is 5.30. The van der Waals surface area contributed by atoms with Crippen molar-refractivity contribution < 1.29 is 9.53 Å². The molecule has 0 radical (unpaired) electrons. The van der Waals surface area contributed by atoms with E-state index in [1.54, 1.807) is 0 Å². The number of halogens is 1. The van der Waals surface area contributed by atoms with Crippen molar-refractivity contribution in [2.45, 2.75) is 18.8 Å². The molecule has 1 unspecified atom stereocenters. The van der Waals surface area contributed by atoms with Gasteiger partial charge in [-0.15, -0.1) is 0 Å². The number of nitrogens with zero attached hydrogens (tertiary/aromatic N) is 2. The Balaban J connectivity index is 1.59. The monoisotopic (exact) mass is 440 g/mol. The second-order valence-electron chi connectivity index (χ2n) is 6.50. The minimum absolute atomic E-state index is 0.271. The van der Waals surface area contributed by atoms with E-state index in [9.17, 15) is 4.79 Å². The van der Waals surface area contributed by atoms with Crippen LogP contribution in [0.4, 0.5) is 0 Å². The minimum atomic E-state index is -0.744. The first-order valence-electron chi connectivity index (χ1n) is 8.71. The van der Waals surface area contributed by atoms with Gasteiger partial charge in [0, 0.05) is 0 Å². The van der Waals surface area contributed by atoms with Crippen LogP contribution in [0, 0.1) is 0 Å². The molecular formula is C21H18AsClN2O2. The molecular weight excluding hydrogens is 423 g/mol. The molecule has 0 saturated heterocycles. The number of methoxy groups -OCH3 is 1. The van der Waals surface area contributed by atoms with Crippen LogP contribution in [-0.2, 0) is 4.74 Å². The predicted molar refractivity (Wildman–Crippen MR) is 109 cm³/mol. The van der Waals surface area contributed by atoms with Crippen molar-refractivity contribution in [3.63, 3.8) is 0 Å². The number of carbonyl (C=O) groups excluding carboxylic acids is 1. The third kappa shape index (κ3) is 4.23. The molecule has 1 aromatic heterocycles. The summed E-state index contributed by atoms with van der Waals surface area (Å²) in [6.45, 7) is 0. The van der Waals surface area contributed by atoms with Crippen LogP contribution in [0.5, 0.6) is 0 Å². The fraction of sp³-hybridized carbons (Fsp3) is 0.190. The molecule has 0 bridgehead atoms. The number of hydrogen-bond acceptors (Lipinski definition) is 4. The number of rotatable bonds is 5. The van der Waals surface area contributed by atoms with Crippen LogP contribution in [0.3, 0.4) is 0 Å². The molecule has 1 aliphatic carbocycles. The van der Waals surface area contributed by atoms with Crippen LogP contribution in [0.1, 0.15) is 34.7 Å². The van der Waals surface area contributed by atoms with E-state index in [1.807, 2.05) is 42.7 Å². The summed E-state index contributed by atoms with van der Waals surface area (Å²) in [5.74, 6) is 0.973. The standard InChI is InChI=1S/C21H18AsClN2O2/c1-27-21(26)18-10-14(13-5-6-13)7-8-19(18)22-16-11-24-20(25-12-16)15-3-2-4-17(23)9-15/h2-4,7-13,22H,5-6H2,1H3. The quantitative estimate of drug-likeness (QED) is 0.452. The molecule has 3 aromatic rings. The molecule has 2 aromatic carbocycles. The van der Waals surface area contributed by atoms with Crippen LogP contribution in [0.2, 0.25) is 5.02 Å². The zero-order valence-corrected chi connectivity index (χ0v) is 17.6. The maximum atomic E-state index is 12.2. The fourth-order valence-corrected chi connectivity index (χ4v) is 5.33. The van der Waals surface area contributed by atoms with Gasteiger partial charge in [-0.25, -0.2) is 0 Å². The summed E-state index contributed by atoms with van der Waals surface area (Å²) < 4.78 is 7.10. The number of carbonyl (C=O) groups is 1. The molecule has 1 saturated carbocycles. The molecule has 27 heavy (non-hydrogen) atoms. The first kappa shape index (κ1) is 18.2. The van der Waals surface area contributed by atoms with Crippen LogP contribution < -0.4 is 8.70 Å². The zero-order chi connectivity index (χ0) is 18.8. The van der Waals surface area contributed by atoms with Crippen molar-refractivity contribution in [1.29, 1.82) is 0 Å². The van der Waals surface area contributed by atoms with E-state index in [-0.39, 0.29) is 5.97 Å². The second kappa shape index (κ2) is 7.83. The third-order valence-corrected chi connectivity index (χ3v) is 7.37. The van der Waals surface area contributed by atoms with Crippen molar-refractivity contribution >= 4 is 42.0 Å². The average molecular weight is 441 g/mol. The van der Waals surface area contributed by atoms with E-state index in [1.165, 1.54) is 25.5 Å². The van der Waals surface area contributed by atoms with Crippen molar-refractivity contribution in [1.82, 2.24) is 9.97 Å². The summed E-state index contributed by atoms with van der Waals surface area (Å²) in [6.07, 6.45) is 6.10. The second-order valence-corrected chi connectivity index (χ2v) is 9.80. The summed E-state index contributed by atoms with van der Waals surface area (Å²) in [4.78, 5) is 21.2. The van der Waals surface area contributed by atoms with Gasteiger partial charge in [0.15, 0.2) is 0 Å². The molecule has 0 N–H and O–H groups in total. The Morgan fingerprint density at radius 1 is 1.15 bits per heavy atom. The molecule has 0 amide bonds. The Kier molecular flexibility index (Phi) is 5.28. The number of ether oxygens (including phenoxy) is 1. The summed E-state index contributed by atoms with van der Waals surface area (Å²) in [7, 11) is 1.43. The van der Waals surface area contributed by atoms with Crippen molar-refractivity contribution in [3.05, 3.63) is 71.0 Å². The zero-order valence-electron chi connectivity index (χ0n) is 14.8. The van der Waals surface area contributed by atoms with E-state index in [0.29, 0.717) is 22.3 Å². The van der Waals surface area contributed by atoms with Crippen LogP contribution >= 0.6 is 11.6 Å². The molecule has 0 aliphatic heterocycles. The third-order valence-electron chi connectivity index (χ3n) is 4.51. The van der Waals surface area contributed by atoms with Crippen molar-refractivity contribution in [2.75, 3.05) is 7.11 Å². The summed E-state index contributed by atoms with van der Waals surface area (Å²) in [6, 6.07) is 13.7. The molecule has 1 heterocycles. The van der Waals surface area contributed by atoms with Gasteiger partial charge in [-0.2, -0.15) is 0 Å². The van der Waals surface area contributed by atoms with E-state index >= 15 is 0 Å². The van der Waals surface area contributed by atoms with Crippen molar-refractivity contribution in [3.8, 4) is 11.4 Å². The molecule has 136 valence electrons. The van der Waals surface area contributed by atoms with Gasteiger partial charge >= 0.3 is 170 Å². The van der Waals surface area contributed by atoms with Crippen molar-refractivity contribution in [2.24, 2.45) is 0 Å². The fourth-order valence-electron chi connectivity index (χ4n) is 2.95. The van der Waals surface area contributed by atoms with E-state index < -0.39 is 15.8 Å². The summed E-state index contributed by atoms with van der Waals surface area (Å²) in [5, 5.41) is 0.659. The first-order valence-corrected chi connectivity index (χ1v) is 11.2. The predicted octanol–water partition coefficient (Wildman–Crippen LogP) is 2.85. The van der Waals surface area contributed by atoms with E-state index in [4.69, 9.17) is 16.3 Å². The molecule has 0 spiro atoms. The van der Waals surface area contributed by atoms with Gasteiger partial charge < -0.3 is 0 Å². The van der Waals surface area contributed by atoms with Gasteiger partial charge in [0.05, 0.1) is 0 Å².